The van der Waals surface area contributed by atoms with Crippen LogP contribution >= 0.6 is 23.2 Å². The molecule has 2 rings (SSSR count). The molecule has 0 saturated carbocycles. The van der Waals surface area contributed by atoms with Crippen LogP contribution in [0.15, 0.2) is 30.3 Å². The molecule has 0 atom stereocenters. The van der Waals surface area contributed by atoms with Crippen molar-refractivity contribution in [1.29, 1.82) is 5.26 Å². The van der Waals surface area contributed by atoms with E-state index in [1.807, 2.05) is 6.07 Å². The summed E-state index contributed by atoms with van der Waals surface area (Å²) in [5, 5.41) is 21.2. The molecule has 5 nitrogen and oxygen atoms in total. The lowest BCUT2D eigenvalue weighted by Gasteiger charge is -2.10. The fourth-order valence-corrected chi connectivity index (χ4v) is 1.83. The first kappa shape index (κ1) is 14.1. The van der Waals surface area contributed by atoms with Gasteiger partial charge in [0.15, 0.2) is 0 Å². The average molecular weight is 308 g/mol. The van der Waals surface area contributed by atoms with Gasteiger partial charge >= 0.3 is 5.97 Å². The van der Waals surface area contributed by atoms with Gasteiger partial charge in [0.2, 0.25) is 0 Å². The lowest BCUT2D eigenvalue weighted by atomic mass is 10.2. The van der Waals surface area contributed by atoms with Crippen LogP contribution in [0.3, 0.4) is 0 Å². The summed E-state index contributed by atoms with van der Waals surface area (Å²) in [6, 6.07) is 9.27. The average Bonchev–Trinajstić information content (AvgIpc) is 2.41. The predicted molar refractivity (Wildman–Crippen MR) is 75.7 cm³/mol. The number of carboxylic acids is 1. The fraction of sp³-hybridized carbons (Fsp3) is 0. The van der Waals surface area contributed by atoms with Crippen molar-refractivity contribution in [2.24, 2.45) is 0 Å². The van der Waals surface area contributed by atoms with Crippen molar-refractivity contribution in [3.05, 3.63) is 51.6 Å². The largest absolute Gasteiger partial charge is 0.478 e. The third-order valence-corrected chi connectivity index (χ3v) is 2.98. The monoisotopic (exact) mass is 307 g/mol. The number of carboxylic acid groups (broad SMARTS) is 1. The number of aromatic carboxylic acids is 1. The minimum atomic E-state index is -1.15. The second-order valence-corrected chi connectivity index (χ2v) is 4.56. The summed E-state index contributed by atoms with van der Waals surface area (Å²) in [6.45, 7) is 0. The van der Waals surface area contributed by atoms with E-state index in [9.17, 15) is 4.79 Å². The molecule has 2 aromatic rings. The summed E-state index contributed by atoms with van der Waals surface area (Å²) in [5.41, 5.74) is 0.714. The fourth-order valence-electron chi connectivity index (χ4n) is 1.52. The van der Waals surface area contributed by atoms with Gasteiger partial charge in [0, 0.05) is 0 Å². The second kappa shape index (κ2) is 5.78. The van der Waals surface area contributed by atoms with Crippen LogP contribution in [0.25, 0.3) is 0 Å². The van der Waals surface area contributed by atoms with Crippen LogP contribution < -0.4 is 5.32 Å². The molecule has 0 radical (unpaired) electrons. The van der Waals surface area contributed by atoms with Crippen LogP contribution in [0.2, 0.25) is 10.2 Å². The Morgan fingerprint density at radius 1 is 1.30 bits per heavy atom. The first-order valence-corrected chi connectivity index (χ1v) is 6.13. The van der Waals surface area contributed by atoms with Crippen LogP contribution in [0.5, 0.6) is 0 Å². The molecule has 1 aromatic heterocycles. The van der Waals surface area contributed by atoms with Crippen LogP contribution in [0.4, 0.5) is 11.5 Å². The first-order chi connectivity index (χ1) is 9.51. The highest BCUT2D eigenvalue weighted by atomic mass is 35.5. The molecule has 1 aromatic carbocycles. The van der Waals surface area contributed by atoms with Crippen molar-refractivity contribution in [2.75, 3.05) is 5.32 Å². The number of anilines is 2. The Kier molecular flexibility index (Phi) is 4.08. The molecule has 0 amide bonds. The zero-order chi connectivity index (χ0) is 14.7. The summed E-state index contributed by atoms with van der Waals surface area (Å²) in [6.07, 6.45) is 0. The quantitative estimate of drug-likeness (QED) is 0.844. The van der Waals surface area contributed by atoms with E-state index in [0.29, 0.717) is 16.3 Å². The minimum absolute atomic E-state index is 0.0483. The van der Waals surface area contributed by atoms with E-state index >= 15 is 0 Å². The summed E-state index contributed by atoms with van der Waals surface area (Å²) >= 11 is 11.8. The Labute approximate surface area is 124 Å². The molecule has 100 valence electrons. The summed E-state index contributed by atoms with van der Waals surface area (Å²) in [7, 11) is 0. The highest BCUT2D eigenvalue weighted by Gasteiger charge is 2.13. The Balaban J connectivity index is 2.47. The van der Waals surface area contributed by atoms with Crippen molar-refractivity contribution in [3.63, 3.8) is 0 Å². The number of hydrogen-bond acceptors (Lipinski definition) is 4. The van der Waals surface area contributed by atoms with Gasteiger partial charge in [0.05, 0.1) is 22.3 Å². The van der Waals surface area contributed by atoms with E-state index < -0.39 is 5.97 Å². The van der Waals surface area contributed by atoms with Crippen molar-refractivity contribution in [3.8, 4) is 6.07 Å². The maximum Gasteiger partial charge on any atom is 0.339 e. The van der Waals surface area contributed by atoms with Gasteiger partial charge in [-0.15, -0.1) is 0 Å². The van der Waals surface area contributed by atoms with Gasteiger partial charge in [0.25, 0.3) is 0 Å². The second-order valence-electron chi connectivity index (χ2n) is 3.77. The summed E-state index contributed by atoms with van der Waals surface area (Å²) in [4.78, 5) is 15.0. The Bertz CT molecular complexity index is 726. The molecular formula is C13H7Cl2N3O2. The van der Waals surface area contributed by atoms with Gasteiger partial charge in [-0.05, 0) is 30.3 Å². The van der Waals surface area contributed by atoms with Crippen LogP contribution in [-0.2, 0) is 0 Å². The van der Waals surface area contributed by atoms with Crippen LogP contribution in [0.1, 0.15) is 15.9 Å². The zero-order valence-corrected chi connectivity index (χ0v) is 11.4. The molecule has 0 aliphatic carbocycles. The molecule has 20 heavy (non-hydrogen) atoms. The molecule has 0 fully saturated rings. The summed E-state index contributed by atoms with van der Waals surface area (Å²) in [5.74, 6) is -1.09. The maximum atomic E-state index is 11.1. The molecule has 1 heterocycles. The maximum absolute atomic E-state index is 11.1. The SMILES string of the molecule is N#Cc1ccc(Cl)c(Nc2nc(Cl)ccc2C(=O)O)c1. The van der Waals surface area contributed by atoms with Crippen molar-refractivity contribution >= 4 is 40.7 Å². The lowest BCUT2D eigenvalue weighted by Crippen LogP contribution is -2.05. The number of hydrogen-bond donors (Lipinski definition) is 2. The van der Waals surface area contributed by atoms with Crippen LogP contribution in [-0.4, -0.2) is 16.1 Å². The Morgan fingerprint density at radius 2 is 2.05 bits per heavy atom. The van der Waals surface area contributed by atoms with Gasteiger partial charge in [-0.25, -0.2) is 9.78 Å². The highest BCUT2D eigenvalue weighted by Crippen LogP contribution is 2.28. The van der Waals surface area contributed by atoms with Crippen molar-refractivity contribution in [1.82, 2.24) is 4.98 Å². The molecular weight excluding hydrogens is 301 g/mol. The number of nitrogens with zero attached hydrogens (tertiary/aromatic N) is 2. The first-order valence-electron chi connectivity index (χ1n) is 5.38. The van der Waals surface area contributed by atoms with Gasteiger partial charge in [0.1, 0.15) is 16.5 Å². The number of aromatic nitrogens is 1. The molecule has 7 heteroatoms. The molecule has 0 spiro atoms. The minimum Gasteiger partial charge on any atom is -0.478 e. The number of pyridine rings is 1. The third kappa shape index (κ3) is 2.99. The standard InChI is InChI=1S/C13H7Cl2N3O2/c14-9-3-1-7(6-16)5-10(9)17-12-8(13(19)20)2-4-11(15)18-12/h1-5H,(H,17,18)(H,19,20). The number of benzene rings is 1. The molecule has 0 unspecified atom stereocenters. The molecule has 2 N–H and O–H groups in total. The van der Waals surface area contributed by atoms with Crippen molar-refractivity contribution in [2.45, 2.75) is 0 Å². The molecule has 0 aliphatic heterocycles. The summed E-state index contributed by atoms with van der Waals surface area (Å²) < 4.78 is 0. The molecule has 0 aliphatic rings. The van der Waals surface area contributed by atoms with E-state index in [-0.39, 0.29) is 16.5 Å². The van der Waals surface area contributed by atoms with Gasteiger partial charge in [-0.2, -0.15) is 5.26 Å². The van der Waals surface area contributed by atoms with Crippen molar-refractivity contribution < 1.29 is 9.90 Å². The van der Waals surface area contributed by atoms with Gasteiger partial charge in [-0.1, -0.05) is 23.2 Å². The third-order valence-electron chi connectivity index (χ3n) is 2.44. The van der Waals surface area contributed by atoms with E-state index in [0.717, 1.165) is 0 Å². The number of nitrogens with one attached hydrogen (secondary N) is 1. The van der Waals surface area contributed by atoms with Crippen LogP contribution in [0, 0.1) is 11.3 Å². The number of carbonyl (C=O) groups is 1. The smallest absolute Gasteiger partial charge is 0.339 e. The Hall–Kier alpha value is -2.29. The normalized spacial score (nSPS) is 9.85. The van der Waals surface area contributed by atoms with E-state index in [1.165, 1.54) is 24.3 Å². The Morgan fingerprint density at radius 3 is 2.70 bits per heavy atom. The van der Waals surface area contributed by atoms with E-state index in [1.54, 1.807) is 6.07 Å². The topological polar surface area (TPSA) is 86.0 Å². The van der Waals surface area contributed by atoms with E-state index in [4.69, 9.17) is 33.6 Å². The predicted octanol–water partition coefficient (Wildman–Crippen LogP) is 3.70. The number of halogens is 2. The number of nitriles is 1. The molecule has 0 saturated heterocycles. The van der Waals surface area contributed by atoms with E-state index in [2.05, 4.69) is 10.3 Å². The lowest BCUT2D eigenvalue weighted by molar-refractivity contribution is 0.0697. The van der Waals surface area contributed by atoms with Gasteiger partial charge < -0.3 is 10.4 Å². The molecule has 0 bridgehead atoms. The zero-order valence-electron chi connectivity index (χ0n) is 9.89. The van der Waals surface area contributed by atoms with Gasteiger partial charge in [-0.3, -0.25) is 0 Å². The highest BCUT2D eigenvalue weighted by molar-refractivity contribution is 6.33. The number of rotatable bonds is 3.